The van der Waals surface area contributed by atoms with Gasteiger partial charge < -0.3 is 19.9 Å². The molecule has 1 aromatic carbocycles. The lowest BCUT2D eigenvalue weighted by Crippen LogP contribution is -2.46. The van der Waals surface area contributed by atoms with Gasteiger partial charge in [-0.05, 0) is 42.9 Å². The number of benzene rings is 1. The summed E-state index contributed by atoms with van der Waals surface area (Å²) in [6, 6.07) is 6.29. The summed E-state index contributed by atoms with van der Waals surface area (Å²) in [4.78, 5) is 25.1. The number of carboxylic acid groups (broad SMARTS) is 1. The summed E-state index contributed by atoms with van der Waals surface area (Å²) >= 11 is 0. The Balaban J connectivity index is 1.98. The van der Waals surface area contributed by atoms with Crippen molar-refractivity contribution in [2.75, 3.05) is 14.2 Å². The number of carbonyl (C=O) groups excluding carboxylic acids is 1. The number of aromatic nitrogens is 2. The van der Waals surface area contributed by atoms with E-state index in [0.29, 0.717) is 35.2 Å². The van der Waals surface area contributed by atoms with Crippen LogP contribution < -0.4 is 14.8 Å². The van der Waals surface area contributed by atoms with Crippen molar-refractivity contribution in [1.29, 1.82) is 0 Å². The van der Waals surface area contributed by atoms with Gasteiger partial charge in [-0.3, -0.25) is 9.48 Å². The van der Waals surface area contributed by atoms with Crippen molar-refractivity contribution in [3.8, 4) is 22.8 Å². The van der Waals surface area contributed by atoms with Gasteiger partial charge in [-0.15, -0.1) is 0 Å². The molecule has 180 valence electrons. The monoisotopic (exact) mass is 457 g/mol. The molecule has 0 aliphatic heterocycles. The maximum atomic E-state index is 13.2. The first-order valence-corrected chi connectivity index (χ1v) is 11.7. The number of hydrogen-bond donors (Lipinski definition) is 2. The quantitative estimate of drug-likeness (QED) is 0.549. The number of aliphatic carboxylic acids is 1. The molecule has 1 amide bonds. The van der Waals surface area contributed by atoms with Crippen LogP contribution in [0.1, 0.15) is 62.9 Å². The van der Waals surface area contributed by atoms with Crippen molar-refractivity contribution >= 4 is 11.9 Å². The maximum absolute atomic E-state index is 13.2. The van der Waals surface area contributed by atoms with Gasteiger partial charge in [0.1, 0.15) is 17.5 Å². The third kappa shape index (κ3) is 5.67. The third-order valence-electron chi connectivity index (χ3n) is 6.55. The molecule has 1 fully saturated rings. The molecule has 2 aromatic rings. The van der Waals surface area contributed by atoms with Crippen LogP contribution in [-0.2, 0) is 11.3 Å². The van der Waals surface area contributed by atoms with E-state index in [1.807, 2.05) is 18.2 Å². The molecule has 8 heteroatoms. The van der Waals surface area contributed by atoms with Gasteiger partial charge in [-0.25, -0.2) is 4.79 Å². The molecule has 0 saturated heterocycles. The first-order chi connectivity index (χ1) is 15.9. The number of nitrogens with one attached hydrogen (secondary N) is 1. The summed E-state index contributed by atoms with van der Waals surface area (Å²) in [6.45, 7) is 4.83. The van der Waals surface area contributed by atoms with E-state index in [1.165, 1.54) is 0 Å². The second kappa shape index (κ2) is 11.2. The fourth-order valence-electron chi connectivity index (χ4n) is 4.46. The highest BCUT2D eigenvalue weighted by atomic mass is 16.5. The van der Waals surface area contributed by atoms with Crippen molar-refractivity contribution in [2.45, 2.75) is 65.0 Å². The summed E-state index contributed by atoms with van der Waals surface area (Å²) in [5.41, 5.74) is 1.59. The van der Waals surface area contributed by atoms with E-state index in [-0.39, 0.29) is 11.6 Å². The molecule has 1 saturated carbocycles. The molecule has 33 heavy (non-hydrogen) atoms. The van der Waals surface area contributed by atoms with Gasteiger partial charge >= 0.3 is 5.97 Å². The van der Waals surface area contributed by atoms with Crippen molar-refractivity contribution in [1.82, 2.24) is 15.1 Å². The van der Waals surface area contributed by atoms with Crippen molar-refractivity contribution in [3.63, 3.8) is 0 Å². The predicted molar refractivity (Wildman–Crippen MR) is 126 cm³/mol. The summed E-state index contributed by atoms with van der Waals surface area (Å²) < 4.78 is 12.9. The van der Waals surface area contributed by atoms with E-state index in [0.717, 1.165) is 38.5 Å². The van der Waals surface area contributed by atoms with E-state index in [2.05, 4.69) is 24.3 Å². The van der Waals surface area contributed by atoms with Gasteiger partial charge in [0.15, 0.2) is 5.69 Å². The molecule has 1 aromatic heterocycles. The smallest absolute Gasteiger partial charge is 0.326 e. The van der Waals surface area contributed by atoms with E-state index in [1.54, 1.807) is 25.0 Å². The predicted octanol–water partition coefficient (Wildman–Crippen LogP) is 4.38. The molecule has 2 atom stereocenters. The maximum Gasteiger partial charge on any atom is 0.326 e. The van der Waals surface area contributed by atoms with Crippen LogP contribution in [0.2, 0.25) is 0 Å². The zero-order valence-corrected chi connectivity index (χ0v) is 20.0. The minimum Gasteiger partial charge on any atom is -0.496 e. The highest BCUT2D eigenvalue weighted by Crippen LogP contribution is 2.39. The van der Waals surface area contributed by atoms with Crippen LogP contribution in [0.15, 0.2) is 24.3 Å². The second-order valence-corrected chi connectivity index (χ2v) is 8.84. The topological polar surface area (TPSA) is 103 Å². The first kappa shape index (κ1) is 24.6. The average Bonchev–Trinajstić information content (AvgIpc) is 3.25. The van der Waals surface area contributed by atoms with Crippen molar-refractivity contribution < 1.29 is 24.2 Å². The molecule has 3 rings (SSSR count). The van der Waals surface area contributed by atoms with Crippen molar-refractivity contribution in [2.24, 2.45) is 11.8 Å². The Morgan fingerprint density at radius 1 is 1.18 bits per heavy atom. The van der Waals surface area contributed by atoms with Gasteiger partial charge in [0.05, 0.1) is 25.5 Å². The zero-order valence-electron chi connectivity index (χ0n) is 20.0. The Hall–Kier alpha value is -3.03. The highest BCUT2D eigenvalue weighted by molar-refractivity contribution is 5.96. The van der Waals surface area contributed by atoms with E-state index in [4.69, 9.17) is 9.47 Å². The Morgan fingerprint density at radius 3 is 2.36 bits per heavy atom. The lowest BCUT2D eigenvalue weighted by molar-refractivity contribution is -0.141. The van der Waals surface area contributed by atoms with E-state index in [9.17, 15) is 14.7 Å². The van der Waals surface area contributed by atoms with E-state index < -0.39 is 17.9 Å². The second-order valence-electron chi connectivity index (χ2n) is 8.84. The number of hydrogen-bond acceptors (Lipinski definition) is 5. The fraction of sp³-hybridized carbons (Fsp3) is 0.560. The van der Waals surface area contributed by atoms with Crippen LogP contribution in [0, 0.1) is 11.8 Å². The van der Waals surface area contributed by atoms with Crippen molar-refractivity contribution in [3.05, 3.63) is 30.0 Å². The van der Waals surface area contributed by atoms with Gasteiger partial charge in [0.2, 0.25) is 0 Å². The van der Waals surface area contributed by atoms with Gasteiger partial charge in [-0.1, -0.05) is 45.6 Å². The molecule has 2 N–H and O–H groups in total. The summed E-state index contributed by atoms with van der Waals surface area (Å²) in [7, 11) is 3.17. The molecule has 0 radical (unpaired) electrons. The van der Waals surface area contributed by atoms with Gasteiger partial charge in [-0.2, -0.15) is 5.10 Å². The van der Waals surface area contributed by atoms with Gasteiger partial charge in [0.25, 0.3) is 5.91 Å². The minimum atomic E-state index is -0.999. The molecular formula is C25H35N3O5. The number of carboxylic acids is 1. The van der Waals surface area contributed by atoms with Crippen LogP contribution >= 0.6 is 0 Å². The Labute approximate surface area is 195 Å². The number of carbonyl (C=O) groups is 2. The lowest BCUT2D eigenvalue weighted by Gasteiger charge is -2.27. The molecule has 0 spiro atoms. The average molecular weight is 458 g/mol. The molecular weight excluding hydrogens is 422 g/mol. The zero-order chi connectivity index (χ0) is 24.0. The highest BCUT2D eigenvalue weighted by Gasteiger charge is 2.32. The number of methoxy groups -OCH3 is 2. The number of rotatable bonds is 10. The van der Waals surface area contributed by atoms with Crippen LogP contribution in [-0.4, -0.2) is 47.0 Å². The van der Waals surface area contributed by atoms with Crippen LogP contribution in [0.4, 0.5) is 0 Å². The Kier molecular flexibility index (Phi) is 8.36. The Bertz CT molecular complexity index is 943. The molecule has 8 nitrogen and oxygen atoms in total. The fourth-order valence-corrected chi connectivity index (χ4v) is 4.46. The largest absolute Gasteiger partial charge is 0.496 e. The number of amides is 1. The summed E-state index contributed by atoms with van der Waals surface area (Å²) in [5.74, 6) is 0.00630. The summed E-state index contributed by atoms with van der Waals surface area (Å²) in [6.07, 6.45) is 5.66. The van der Waals surface area contributed by atoms with Gasteiger partial charge in [0, 0.05) is 6.54 Å². The van der Waals surface area contributed by atoms with E-state index >= 15 is 0 Å². The molecule has 1 aliphatic carbocycles. The minimum absolute atomic E-state index is 0.0591. The van der Waals surface area contributed by atoms with Crippen LogP contribution in [0.5, 0.6) is 11.5 Å². The Morgan fingerprint density at radius 2 is 1.82 bits per heavy atom. The number of nitrogens with zero attached hydrogens (tertiary/aromatic N) is 2. The van der Waals surface area contributed by atoms with Crippen LogP contribution in [0.3, 0.4) is 0 Å². The summed E-state index contributed by atoms with van der Waals surface area (Å²) in [5, 5.41) is 17.1. The van der Waals surface area contributed by atoms with Crippen LogP contribution in [0.25, 0.3) is 11.3 Å². The standard InChI is InChI=1S/C25H35N3O5/c1-5-16(2)15-28-19(22-20(32-3)12-9-13-21(22)33-4)14-18(27-28)24(29)26-23(25(30)31)17-10-7-6-8-11-17/h9,12-14,16-17,23H,5-8,10-11,15H2,1-4H3,(H,26,29)(H,30,31)/t16?,23-/m0/s1. The molecule has 0 bridgehead atoms. The molecule has 1 heterocycles. The lowest BCUT2D eigenvalue weighted by atomic mass is 9.84. The first-order valence-electron chi connectivity index (χ1n) is 11.7. The molecule has 1 unspecified atom stereocenters. The molecule has 1 aliphatic rings. The third-order valence-corrected chi connectivity index (χ3v) is 6.55. The SMILES string of the molecule is CCC(C)Cn1nc(C(=O)N[C@H](C(=O)O)C2CCCCC2)cc1-c1c(OC)cccc1OC. The normalized spacial score (nSPS) is 16.1. The number of ether oxygens (including phenoxy) is 2.